The zero-order chi connectivity index (χ0) is 23.2. The molecule has 3 fully saturated rings. The number of aromatic hydroxyl groups is 1. The number of phenolic OH excluding ortho intramolecular Hbond substituents is 1. The normalized spacial score (nSPS) is 36.9. The van der Waals surface area contributed by atoms with Crippen LogP contribution in [0.25, 0.3) is 0 Å². The van der Waals surface area contributed by atoms with Crippen LogP contribution in [-0.4, -0.2) is 56.9 Å². The quantitative estimate of drug-likeness (QED) is 0.412. The first-order chi connectivity index (χ1) is 16.5. The van der Waals surface area contributed by atoms with E-state index < -0.39 is 17.1 Å². The van der Waals surface area contributed by atoms with Crippen LogP contribution >= 0.6 is 0 Å². The molecule has 1 saturated heterocycles. The molecule has 5 aliphatic rings. The van der Waals surface area contributed by atoms with Crippen LogP contribution in [0.1, 0.15) is 53.9 Å². The molecule has 2 aromatic carbocycles. The van der Waals surface area contributed by atoms with Crippen LogP contribution < -0.4 is 10.5 Å². The van der Waals surface area contributed by atoms with Crippen molar-refractivity contribution in [2.75, 3.05) is 13.1 Å². The fourth-order valence-corrected chi connectivity index (χ4v) is 7.65. The van der Waals surface area contributed by atoms with E-state index in [0.29, 0.717) is 30.3 Å². The number of nitrogens with two attached hydrogens (primary N) is 1. The van der Waals surface area contributed by atoms with Crippen molar-refractivity contribution in [3.8, 4) is 11.5 Å². The largest absolute Gasteiger partial charge is 0.504 e. The fraction of sp³-hybridized carbons (Fsp3) is 0.519. The molecule has 7 rings (SSSR count). The lowest BCUT2D eigenvalue weighted by Crippen LogP contribution is -2.77. The van der Waals surface area contributed by atoms with Crippen molar-refractivity contribution in [1.29, 1.82) is 0 Å². The highest BCUT2D eigenvalue weighted by atomic mass is 16.5. The number of phenols is 1. The smallest absolute Gasteiger partial charge is 0.165 e. The second-order valence-electron chi connectivity index (χ2n) is 11.0. The number of ether oxygens (including phenoxy) is 1. The maximum atomic E-state index is 12.6. The number of benzene rings is 2. The average Bonchev–Trinajstić information content (AvgIpc) is 3.59. The van der Waals surface area contributed by atoms with E-state index in [4.69, 9.17) is 10.5 Å². The van der Waals surface area contributed by atoms with Crippen LogP contribution in [0, 0.1) is 5.92 Å². The van der Waals surface area contributed by atoms with Gasteiger partial charge < -0.3 is 25.9 Å². The van der Waals surface area contributed by atoms with Crippen molar-refractivity contribution in [3.63, 3.8) is 0 Å². The molecule has 2 aromatic rings. The number of hydrogen-bond donors (Lipinski definition) is 4. The molecular weight excluding hydrogens is 430 g/mol. The third-order valence-electron chi connectivity index (χ3n) is 9.38. The summed E-state index contributed by atoms with van der Waals surface area (Å²) in [6.07, 6.45) is 3.80. The second kappa shape index (κ2) is 6.97. The van der Waals surface area contributed by atoms with Crippen molar-refractivity contribution in [2.45, 2.75) is 67.7 Å². The van der Waals surface area contributed by atoms with Crippen LogP contribution in [0.4, 0.5) is 0 Å². The molecule has 1 spiro atoms. The zero-order valence-electron chi connectivity index (χ0n) is 19.2. The molecule has 0 amide bonds. The third-order valence-corrected chi connectivity index (χ3v) is 9.38. The topological polar surface area (TPSA) is 112 Å². The molecule has 7 heteroatoms. The van der Waals surface area contributed by atoms with Gasteiger partial charge in [0.2, 0.25) is 0 Å². The van der Waals surface area contributed by atoms with Crippen LogP contribution in [0.3, 0.4) is 0 Å². The summed E-state index contributed by atoms with van der Waals surface area (Å²) in [4.78, 5) is 2.47. The number of hydrogen-bond acceptors (Lipinski definition) is 7. The van der Waals surface area contributed by atoms with Crippen molar-refractivity contribution in [3.05, 3.63) is 58.7 Å². The summed E-state index contributed by atoms with van der Waals surface area (Å²) in [6, 6.07) is 11.7. The Labute approximate surface area is 198 Å². The summed E-state index contributed by atoms with van der Waals surface area (Å²) in [5, 5.41) is 37.4. The van der Waals surface area contributed by atoms with Crippen molar-refractivity contribution in [2.24, 2.45) is 16.8 Å². The summed E-state index contributed by atoms with van der Waals surface area (Å²) in [5.41, 5.74) is 8.69. The van der Waals surface area contributed by atoms with E-state index in [0.717, 1.165) is 41.8 Å². The lowest BCUT2D eigenvalue weighted by atomic mass is 9.46. The van der Waals surface area contributed by atoms with Crippen molar-refractivity contribution in [1.82, 2.24) is 4.90 Å². The number of oxime groups is 1. The number of nitrogens with zero attached hydrogens (tertiary/aromatic N) is 2. The van der Waals surface area contributed by atoms with Gasteiger partial charge in [0.05, 0.1) is 22.6 Å². The molecule has 34 heavy (non-hydrogen) atoms. The maximum Gasteiger partial charge on any atom is 0.165 e. The molecule has 0 aromatic heterocycles. The van der Waals surface area contributed by atoms with Crippen LogP contribution in [0.5, 0.6) is 11.5 Å². The highest BCUT2D eigenvalue weighted by Gasteiger charge is 2.74. The summed E-state index contributed by atoms with van der Waals surface area (Å²) < 4.78 is 6.61. The first-order valence-electron chi connectivity index (χ1n) is 12.5. The Balaban J connectivity index is 1.43. The van der Waals surface area contributed by atoms with E-state index in [1.807, 2.05) is 30.3 Å². The zero-order valence-corrected chi connectivity index (χ0v) is 19.2. The summed E-state index contributed by atoms with van der Waals surface area (Å²) in [5.74, 6) is 1.00. The van der Waals surface area contributed by atoms with Gasteiger partial charge in [-0.1, -0.05) is 35.5 Å². The van der Waals surface area contributed by atoms with Gasteiger partial charge in [-0.3, -0.25) is 4.90 Å². The van der Waals surface area contributed by atoms with Gasteiger partial charge in [0.15, 0.2) is 11.5 Å². The van der Waals surface area contributed by atoms with Gasteiger partial charge in [-0.15, -0.1) is 0 Å². The number of aliphatic hydroxyl groups is 1. The second-order valence-corrected chi connectivity index (χ2v) is 11.0. The van der Waals surface area contributed by atoms with Gasteiger partial charge >= 0.3 is 0 Å². The van der Waals surface area contributed by atoms with Crippen LogP contribution in [0.15, 0.2) is 41.6 Å². The van der Waals surface area contributed by atoms with E-state index in [1.165, 1.54) is 12.8 Å². The van der Waals surface area contributed by atoms with Crippen LogP contribution in [-0.2, 0) is 18.4 Å². The Kier molecular flexibility index (Phi) is 4.25. The average molecular weight is 462 g/mol. The molecular formula is C27H31N3O4. The number of piperidine rings is 1. The molecule has 5 atom stereocenters. The molecule has 5 N–H and O–H groups in total. The molecule has 2 saturated carbocycles. The molecule has 2 bridgehead atoms. The monoisotopic (exact) mass is 461 g/mol. The SMILES string of the molecule is NCc1ccc(C2C(=NO)C[C@@]3(O)[C@H]4Cc5ccc(O)c6c5[C@@]3(CCN4CC3CC3)[C@H]2O6)cc1. The van der Waals surface area contributed by atoms with Gasteiger partial charge in [-0.25, -0.2) is 0 Å². The summed E-state index contributed by atoms with van der Waals surface area (Å²) in [6.45, 7) is 2.35. The van der Waals surface area contributed by atoms with E-state index in [-0.39, 0.29) is 24.1 Å². The molecule has 178 valence electrons. The molecule has 1 unspecified atom stereocenters. The minimum atomic E-state index is -1.13. The third kappa shape index (κ3) is 2.50. The Morgan fingerprint density at radius 2 is 1.94 bits per heavy atom. The Hall–Kier alpha value is -2.61. The molecule has 2 heterocycles. The van der Waals surface area contributed by atoms with Gasteiger partial charge in [0.1, 0.15) is 6.10 Å². The Morgan fingerprint density at radius 3 is 2.65 bits per heavy atom. The number of likely N-dealkylation sites (tertiary alicyclic amines) is 1. The van der Waals surface area contributed by atoms with E-state index >= 15 is 0 Å². The standard InChI is InChI=1S/C27H31N3O4/c28-13-15-3-5-17(6-4-15)22-19(29-33)12-27(32)21-11-18-7-8-20(31)24-23(18)26(27,25(22)34-24)9-10-30(21)14-16-1-2-16/h3-8,16,21-22,25,31-33H,1-2,9-14,28H2/t21-,22?,25+,26+,27-/m1/s1. The first kappa shape index (κ1) is 20.7. The summed E-state index contributed by atoms with van der Waals surface area (Å²) >= 11 is 0. The van der Waals surface area contributed by atoms with E-state index in [9.17, 15) is 15.4 Å². The minimum absolute atomic E-state index is 0.0757. The molecule has 3 aliphatic carbocycles. The lowest BCUT2D eigenvalue weighted by Gasteiger charge is -2.64. The van der Waals surface area contributed by atoms with Crippen molar-refractivity contribution >= 4 is 5.71 Å². The molecule has 0 radical (unpaired) electrons. The van der Waals surface area contributed by atoms with E-state index in [2.05, 4.69) is 10.1 Å². The van der Waals surface area contributed by atoms with Crippen molar-refractivity contribution < 1.29 is 20.2 Å². The van der Waals surface area contributed by atoms with Gasteiger partial charge in [-0.2, -0.15) is 0 Å². The Morgan fingerprint density at radius 1 is 1.15 bits per heavy atom. The minimum Gasteiger partial charge on any atom is -0.504 e. The predicted octanol–water partition coefficient (Wildman–Crippen LogP) is 2.64. The van der Waals surface area contributed by atoms with E-state index in [1.54, 1.807) is 6.07 Å². The number of rotatable bonds is 4. The lowest BCUT2D eigenvalue weighted by molar-refractivity contribution is -0.170. The maximum absolute atomic E-state index is 12.6. The van der Waals surface area contributed by atoms with Gasteiger partial charge in [0.25, 0.3) is 0 Å². The molecule has 2 aliphatic heterocycles. The van der Waals surface area contributed by atoms with Gasteiger partial charge in [-0.05, 0) is 60.9 Å². The highest BCUT2D eigenvalue weighted by molar-refractivity contribution is 5.95. The predicted molar refractivity (Wildman–Crippen MR) is 126 cm³/mol. The Bertz CT molecular complexity index is 1190. The van der Waals surface area contributed by atoms with Gasteiger partial charge in [0, 0.05) is 31.1 Å². The van der Waals surface area contributed by atoms with Crippen LogP contribution in [0.2, 0.25) is 0 Å². The first-order valence-corrected chi connectivity index (χ1v) is 12.5. The summed E-state index contributed by atoms with van der Waals surface area (Å²) in [7, 11) is 0. The fourth-order valence-electron chi connectivity index (χ4n) is 7.65. The highest BCUT2D eigenvalue weighted by Crippen LogP contribution is 2.67. The molecule has 7 nitrogen and oxygen atoms in total.